The second-order valence-electron chi connectivity index (χ2n) is 6.27. The van der Waals surface area contributed by atoms with Crippen molar-refractivity contribution in [1.82, 2.24) is 0 Å². The molecule has 0 radical (unpaired) electrons. The first-order valence-corrected chi connectivity index (χ1v) is 8.17. The lowest BCUT2D eigenvalue weighted by molar-refractivity contribution is -0.139. The predicted octanol–water partition coefficient (Wildman–Crippen LogP) is 5.11. The Morgan fingerprint density at radius 1 is 1.22 bits per heavy atom. The van der Waals surface area contributed by atoms with Crippen LogP contribution in [0.4, 0.5) is 0 Å². The molecule has 0 saturated heterocycles. The second-order valence-corrected chi connectivity index (χ2v) is 6.27. The van der Waals surface area contributed by atoms with Crippen LogP contribution in [0.5, 0.6) is 5.75 Å². The van der Waals surface area contributed by atoms with Crippen molar-refractivity contribution in [2.24, 2.45) is 5.92 Å². The van der Waals surface area contributed by atoms with E-state index in [2.05, 4.69) is 26.8 Å². The van der Waals surface area contributed by atoms with Crippen LogP contribution in [0.25, 0.3) is 6.08 Å². The molecule has 1 atom stereocenters. The Morgan fingerprint density at radius 2 is 1.91 bits per heavy atom. The maximum absolute atomic E-state index is 12.0. The molecule has 1 aromatic carbocycles. The summed E-state index contributed by atoms with van der Waals surface area (Å²) >= 11 is 0. The molecule has 1 unspecified atom stereocenters. The van der Waals surface area contributed by atoms with Gasteiger partial charge in [-0.25, -0.2) is 4.79 Å². The fourth-order valence-corrected chi connectivity index (χ4v) is 2.17. The van der Waals surface area contributed by atoms with Crippen LogP contribution in [-0.4, -0.2) is 17.7 Å². The summed E-state index contributed by atoms with van der Waals surface area (Å²) in [6.07, 6.45) is 6.93. The van der Waals surface area contributed by atoms with E-state index in [9.17, 15) is 9.90 Å². The molecule has 1 rings (SSSR count). The number of hydrogen-bond donors (Lipinski definition) is 1. The molecule has 3 heteroatoms. The Balaban J connectivity index is 2.39. The summed E-state index contributed by atoms with van der Waals surface area (Å²) in [6, 6.07) is 6.92. The van der Waals surface area contributed by atoms with Gasteiger partial charge in [-0.15, -0.1) is 0 Å². The molecule has 0 aromatic heterocycles. The van der Waals surface area contributed by atoms with Crippen LogP contribution in [0.15, 0.2) is 41.5 Å². The molecular formula is C20H28O3. The lowest BCUT2D eigenvalue weighted by atomic mass is 10.0. The van der Waals surface area contributed by atoms with E-state index in [-0.39, 0.29) is 11.7 Å². The van der Waals surface area contributed by atoms with Gasteiger partial charge in [-0.05, 0) is 58.1 Å². The molecule has 0 spiro atoms. The molecule has 0 fully saturated rings. The third-order valence-corrected chi connectivity index (χ3v) is 3.69. The molecule has 0 bridgehead atoms. The van der Waals surface area contributed by atoms with E-state index >= 15 is 0 Å². The van der Waals surface area contributed by atoms with Gasteiger partial charge in [-0.1, -0.05) is 36.8 Å². The number of phenolic OH excluding ortho intramolecular Hbond substituents is 1. The van der Waals surface area contributed by atoms with Gasteiger partial charge in [0, 0.05) is 11.1 Å². The molecule has 23 heavy (non-hydrogen) atoms. The van der Waals surface area contributed by atoms with Gasteiger partial charge in [0.2, 0.25) is 0 Å². The number of para-hydroxylation sites is 1. The first-order chi connectivity index (χ1) is 10.9. The molecule has 0 heterocycles. The summed E-state index contributed by atoms with van der Waals surface area (Å²) in [4.78, 5) is 12.0. The van der Waals surface area contributed by atoms with Crippen LogP contribution in [0, 0.1) is 5.92 Å². The minimum atomic E-state index is -0.329. The van der Waals surface area contributed by atoms with Crippen LogP contribution in [0.1, 0.15) is 52.5 Å². The van der Waals surface area contributed by atoms with E-state index in [0.29, 0.717) is 23.7 Å². The number of phenols is 1. The molecule has 0 amide bonds. The van der Waals surface area contributed by atoms with Crippen LogP contribution in [0.3, 0.4) is 0 Å². The fourth-order valence-electron chi connectivity index (χ4n) is 2.17. The lowest BCUT2D eigenvalue weighted by Crippen LogP contribution is -2.09. The van der Waals surface area contributed by atoms with Crippen molar-refractivity contribution in [3.63, 3.8) is 0 Å². The van der Waals surface area contributed by atoms with Crippen molar-refractivity contribution in [1.29, 1.82) is 0 Å². The van der Waals surface area contributed by atoms with E-state index in [0.717, 1.165) is 19.3 Å². The van der Waals surface area contributed by atoms with Gasteiger partial charge >= 0.3 is 5.97 Å². The number of carbonyl (C=O) groups excluding carboxylic acids is 1. The first kappa shape index (κ1) is 19.0. The number of benzene rings is 1. The summed E-state index contributed by atoms with van der Waals surface area (Å²) < 4.78 is 5.31. The smallest absolute Gasteiger partial charge is 0.333 e. The minimum Gasteiger partial charge on any atom is -0.507 e. The number of hydrogen-bond acceptors (Lipinski definition) is 3. The standard InChI is InChI=1S/C20H28O3/c1-15(2)8-7-9-16(3)12-13-23-20(22)17(4)14-18-10-5-6-11-19(18)21/h5-6,8,10-11,14,16,21H,7,9,12-13H2,1-4H3/b17-14+. The average Bonchev–Trinajstić information content (AvgIpc) is 2.49. The van der Waals surface area contributed by atoms with E-state index in [1.165, 1.54) is 5.57 Å². The summed E-state index contributed by atoms with van der Waals surface area (Å²) in [5, 5.41) is 9.71. The molecule has 0 aliphatic heterocycles. The molecule has 1 N–H and O–H groups in total. The van der Waals surface area contributed by atoms with Gasteiger partial charge in [-0.3, -0.25) is 0 Å². The summed E-state index contributed by atoms with van der Waals surface area (Å²) in [7, 11) is 0. The Bertz CT molecular complexity index is 566. The van der Waals surface area contributed by atoms with Crippen molar-refractivity contribution >= 4 is 12.0 Å². The maximum Gasteiger partial charge on any atom is 0.333 e. The zero-order valence-corrected chi connectivity index (χ0v) is 14.6. The van der Waals surface area contributed by atoms with Crippen molar-refractivity contribution in [2.45, 2.75) is 47.0 Å². The third kappa shape index (κ3) is 7.68. The molecular weight excluding hydrogens is 288 g/mol. The van der Waals surface area contributed by atoms with Gasteiger partial charge in [0.25, 0.3) is 0 Å². The summed E-state index contributed by atoms with van der Waals surface area (Å²) in [5.74, 6) is 0.359. The number of ether oxygens (including phenoxy) is 1. The second kappa shape index (κ2) is 9.88. The molecule has 0 saturated carbocycles. The topological polar surface area (TPSA) is 46.5 Å². The highest BCUT2D eigenvalue weighted by molar-refractivity contribution is 5.93. The van der Waals surface area contributed by atoms with Crippen molar-refractivity contribution in [3.05, 3.63) is 47.1 Å². The van der Waals surface area contributed by atoms with Crippen molar-refractivity contribution in [3.8, 4) is 5.75 Å². The van der Waals surface area contributed by atoms with E-state index in [1.807, 2.05) is 6.07 Å². The fraction of sp³-hybridized carbons (Fsp3) is 0.450. The highest BCUT2D eigenvalue weighted by Crippen LogP contribution is 2.19. The van der Waals surface area contributed by atoms with Gasteiger partial charge in [0.1, 0.15) is 5.75 Å². The molecule has 126 valence electrons. The first-order valence-electron chi connectivity index (χ1n) is 8.17. The zero-order chi connectivity index (χ0) is 17.2. The molecule has 1 aromatic rings. The van der Waals surface area contributed by atoms with Crippen molar-refractivity contribution in [2.75, 3.05) is 6.61 Å². The average molecular weight is 316 g/mol. The minimum absolute atomic E-state index is 0.160. The number of allylic oxidation sites excluding steroid dienone is 2. The van der Waals surface area contributed by atoms with Gasteiger partial charge < -0.3 is 9.84 Å². The summed E-state index contributed by atoms with van der Waals surface area (Å²) in [6.45, 7) is 8.52. The lowest BCUT2D eigenvalue weighted by Gasteiger charge is -2.11. The maximum atomic E-state index is 12.0. The van der Waals surface area contributed by atoms with Gasteiger partial charge in [0.15, 0.2) is 0 Å². The van der Waals surface area contributed by atoms with Gasteiger partial charge in [-0.2, -0.15) is 0 Å². The molecule has 0 aliphatic rings. The largest absolute Gasteiger partial charge is 0.507 e. The SMILES string of the molecule is CC(C)=CCCC(C)CCOC(=O)/C(C)=C/c1ccccc1O. The summed E-state index contributed by atoms with van der Waals surface area (Å²) in [5.41, 5.74) is 2.45. The quantitative estimate of drug-likeness (QED) is 0.412. The Kier molecular flexibility index (Phi) is 8.17. The molecule has 0 aliphatic carbocycles. The van der Waals surface area contributed by atoms with Crippen LogP contribution >= 0.6 is 0 Å². The molecule has 3 nitrogen and oxygen atoms in total. The zero-order valence-electron chi connectivity index (χ0n) is 14.6. The third-order valence-electron chi connectivity index (χ3n) is 3.69. The van der Waals surface area contributed by atoms with E-state index < -0.39 is 0 Å². The Morgan fingerprint density at radius 3 is 2.57 bits per heavy atom. The van der Waals surface area contributed by atoms with Crippen LogP contribution < -0.4 is 0 Å². The van der Waals surface area contributed by atoms with Gasteiger partial charge in [0.05, 0.1) is 6.61 Å². The van der Waals surface area contributed by atoms with E-state index in [4.69, 9.17) is 4.74 Å². The highest BCUT2D eigenvalue weighted by Gasteiger charge is 2.08. The monoisotopic (exact) mass is 316 g/mol. The highest BCUT2D eigenvalue weighted by atomic mass is 16.5. The Hall–Kier alpha value is -2.03. The number of carbonyl (C=O) groups is 1. The van der Waals surface area contributed by atoms with Crippen molar-refractivity contribution < 1.29 is 14.6 Å². The Labute approximate surface area is 139 Å². The number of rotatable bonds is 8. The number of aromatic hydroxyl groups is 1. The predicted molar refractivity (Wildman–Crippen MR) is 95.2 cm³/mol. The van der Waals surface area contributed by atoms with E-state index in [1.54, 1.807) is 31.2 Å². The van der Waals surface area contributed by atoms with Crippen LogP contribution in [-0.2, 0) is 9.53 Å². The normalized spacial score (nSPS) is 12.6. The number of esters is 1. The van der Waals surface area contributed by atoms with Crippen LogP contribution in [0.2, 0.25) is 0 Å².